The summed E-state index contributed by atoms with van der Waals surface area (Å²) in [7, 11) is 0. The minimum atomic E-state index is -4.41. The Kier molecular flexibility index (Phi) is 3.75. The predicted molar refractivity (Wildman–Crippen MR) is 67.2 cm³/mol. The molecule has 0 unspecified atom stereocenters. The van der Waals surface area contributed by atoms with Gasteiger partial charge in [-0.05, 0) is 36.8 Å². The number of rotatable bonds is 3. The van der Waals surface area contributed by atoms with Crippen LogP contribution in [0, 0.1) is 6.92 Å². The number of aryl methyl sites for hydroxylation is 1. The van der Waals surface area contributed by atoms with E-state index in [9.17, 15) is 13.2 Å². The summed E-state index contributed by atoms with van der Waals surface area (Å²) in [5.74, 6) is 0.675. The zero-order valence-electron chi connectivity index (χ0n) is 10.0. The van der Waals surface area contributed by atoms with E-state index in [2.05, 4.69) is 5.32 Å². The van der Waals surface area contributed by atoms with Crippen molar-refractivity contribution in [3.8, 4) is 0 Å². The molecule has 1 N–H and O–H groups in total. The first kappa shape index (κ1) is 13.8. The first-order chi connectivity index (χ1) is 8.86. The molecule has 6 heteroatoms. The van der Waals surface area contributed by atoms with Crippen molar-refractivity contribution in [3.05, 3.63) is 52.4 Å². The molecule has 0 spiro atoms. The molecule has 1 heterocycles. The summed E-state index contributed by atoms with van der Waals surface area (Å²) in [6, 6.07) is 5.14. The maximum absolute atomic E-state index is 12.6. The van der Waals surface area contributed by atoms with Crippen LogP contribution in [0.3, 0.4) is 0 Å². The van der Waals surface area contributed by atoms with E-state index in [0.717, 1.165) is 17.7 Å². The van der Waals surface area contributed by atoms with E-state index < -0.39 is 11.7 Å². The number of hydrogen-bond donors (Lipinski definition) is 1. The van der Waals surface area contributed by atoms with Crippen LogP contribution in [0.25, 0.3) is 0 Å². The van der Waals surface area contributed by atoms with E-state index >= 15 is 0 Å². The molecule has 0 saturated heterocycles. The van der Waals surface area contributed by atoms with Crippen molar-refractivity contribution in [3.63, 3.8) is 0 Å². The smallest absolute Gasteiger partial charge is 0.416 e. The van der Waals surface area contributed by atoms with Crippen molar-refractivity contribution >= 4 is 17.3 Å². The van der Waals surface area contributed by atoms with E-state index in [-0.39, 0.29) is 5.02 Å². The molecule has 0 aliphatic carbocycles. The monoisotopic (exact) mass is 289 g/mol. The number of hydrogen-bond acceptors (Lipinski definition) is 2. The normalized spacial score (nSPS) is 11.6. The molecule has 0 aliphatic rings. The van der Waals surface area contributed by atoms with Crippen molar-refractivity contribution in [1.82, 2.24) is 0 Å². The Morgan fingerprint density at radius 1 is 1.26 bits per heavy atom. The Hall–Kier alpha value is -1.62. The molecular formula is C13H11ClF3NO. The van der Waals surface area contributed by atoms with Crippen LogP contribution >= 0.6 is 11.6 Å². The van der Waals surface area contributed by atoms with Gasteiger partial charge in [0.1, 0.15) is 5.76 Å². The second kappa shape index (κ2) is 5.17. The van der Waals surface area contributed by atoms with Crippen LogP contribution in [0.4, 0.5) is 18.9 Å². The van der Waals surface area contributed by atoms with Crippen LogP contribution in [0.15, 0.2) is 34.9 Å². The number of alkyl halides is 3. The molecule has 2 aromatic rings. The van der Waals surface area contributed by atoms with Gasteiger partial charge in [0.15, 0.2) is 0 Å². The highest BCUT2D eigenvalue weighted by Gasteiger charge is 2.31. The maximum Gasteiger partial charge on any atom is 0.416 e. The number of benzene rings is 1. The summed E-state index contributed by atoms with van der Waals surface area (Å²) in [5, 5.41) is 2.90. The van der Waals surface area contributed by atoms with Gasteiger partial charge < -0.3 is 9.73 Å². The predicted octanol–water partition coefficient (Wildman–Crippen LogP) is 4.87. The fourth-order valence-electron chi connectivity index (χ4n) is 1.62. The Morgan fingerprint density at radius 2 is 2.00 bits per heavy atom. The lowest BCUT2D eigenvalue weighted by Crippen LogP contribution is -2.07. The molecule has 0 saturated carbocycles. The average molecular weight is 290 g/mol. The zero-order chi connectivity index (χ0) is 14.0. The summed E-state index contributed by atoms with van der Waals surface area (Å²) in [6.07, 6.45) is -2.88. The second-order valence-corrected chi connectivity index (χ2v) is 4.54. The number of furan rings is 1. The van der Waals surface area contributed by atoms with Gasteiger partial charge in [-0.15, -0.1) is 0 Å². The van der Waals surface area contributed by atoms with Crippen molar-refractivity contribution in [1.29, 1.82) is 0 Å². The fraction of sp³-hybridized carbons (Fsp3) is 0.231. The lowest BCUT2D eigenvalue weighted by atomic mass is 10.2. The van der Waals surface area contributed by atoms with Crippen molar-refractivity contribution in [2.75, 3.05) is 5.32 Å². The number of anilines is 1. The first-order valence-corrected chi connectivity index (χ1v) is 5.88. The Bertz CT molecular complexity index is 578. The minimum absolute atomic E-state index is 0.0356. The van der Waals surface area contributed by atoms with E-state index in [1.54, 1.807) is 6.07 Å². The van der Waals surface area contributed by atoms with E-state index in [1.807, 2.05) is 6.92 Å². The SMILES string of the molecule is Cc1ccoc1CNc1cc(Cl)cc(C(F)(F)F)c1. The number of nitrogens with one attached hydrogen (secondary N) is 1. The average Bonchev–Trinajstić information content (AvgIpc) is 2.70. The van der Waals surface area contributed by atoms with Crippen LogP contribution in [-0.2, 0) is 12.7 Å². The fourth-order valence-corrected chi connectivity index (χ4v) is 1.86. The van der Waals surface area contributed by atoms with Gasteiger partial charge in [-0.25, -0.2) is 0 Å². The standard InChI is InChI=1S/C13H11ClF3NO/c1-8-2-3-19-12(8)7-18-11-5-9(13(15,16)17)4-10(14)6-11/h2-6,18H,7H2,1H3. The van der Waals surface area contributed by atoms with Crippen LogP contribution < -0.4 is 5.32 Å². The lowest BCUT2D eigenvalue weighted by molar-refractivity contribution is -0.137. The summed E-state index contributed by atoms with van der Waals surface area (Å²) < 4.78 is 43.1. The van der Waals surface area contributed by atoms with Gasteiger partial charge in [-0.3, -0.25) is 0 Å². The Labute approximate surface area is 113 Å². The molecule has 0 amide bonds. The number of halogens is 4. The van der Waals surface area contributed by atoms with Crippen molar-refractivity contribution < 1.29 is 17.6 Å². The lowest BCUT2D eigenvalue weighted by Gasteiger charge is -2.11. The van der Waals surface area contributed by atoms with Gasteiger partial charge in [0.2, 0.25) is 0 Å². The van der Waals surface area contributed by atoms with Crippen LogP contribution in [0.1, 0.15) is 16.9 Å². The molecule has 0 bridgehead atoms. The van der Waals surface area contributed by atoms with Crippen LogP contribution in [0.5, 0.6) is 0 Å². The molecule has 19 heavy (non-hydrogen) atoms. The van der Waals surface area contributed by atoms with E-state index in [4.69, 9.17) is 16.0 Å². The molecule has 1 aromatic carbocycles. The molecule has 102 valence electrons. The largest absolute Gasteiger partial charge is 0.467 e. The summed E-state index contributed by atoms with van der Waals surface area (Å²) >= 11 is 5.68. The highest BCUT2D eigenvalue weighted by atomic mass is 35.5. The molecule has 0 aliphatic heterocycles. The van der Waals surface area contributed by atoms with Crippen molar-refractivity contribution in [2.24, 2.45) is 0 Å². The Balaban J connectivity index is 2.17. The summed E-state index contributed by atoms with van der Waals surface area (Å²) in [4.78, 5) is 0. The molecule has 2 rings (SSSR count). The molecule has 0 atom stereocenters. The third kappa shape index (κ3) is 3.44. The minimum Gasteiger partial charge on any atom is -0.467 e. The second-order valence-electron chi connectivity index (χ2n) is 4.11. The maximum atomic E-state index is 12.6. The third-order valence-corrected chi connectivity index (χ3v) is 2.86. The van der Waals surface area contributed by atoms with E-state index in [1.165, 1.54) is 12.3 Å². The zero-order valence-corrected chi connectivity index (χ0v) is 10.8. The first-order valence-electron chi connectivity index (χ1n) is 5.51. The third-order valence-electron chi connectivity index (χ3n) is 2.65. The molecular weight excluding hydrogens is 279 g/mol. The topological polar surface area (TPSA) is 25.2 Å². The molecule has 0 fully saturated rings. The summed E-state index contributed by atoms with van der Waals surface area (Å²) in [5.41, 5.74) is 0.458. The van der Waals surface area contributed by atoms with Crippen molar-refractivity contribution in [2.45, 2.75) is 19.6 Å². The summed E-state index contributed by atoms with van der Waals surface area (Å²) in [6.45, 7) is 2.16. The quantitative estimate of drug-likeness (QED) is 0.872. The van der Waals surface area contributed by atoms with Gasteiger partial charge in [0, 0.05) is 10.7 Å². The van der Waals surface area contributed by atoms with Gasteiger partial charge in [0.05, 0.1) is 18.4 Å². The highest BCUT2D eigenvalue weighted by Crippen LogP contribution is 2.33. The Morgan fingerprint density at radius 3 is 2.58 bits per heavy atom. The highest BCUT2D eigenvalue weighted by molar-refractivity contribution is 6.30. The van der Waals surface area contributed by atoms with E-state index in [0.29, 0.717) is 18.0 Å². The molecule has 1 aromatic heterocycles. The van der Waals surface area contributed by atoms with Crippen LogP contribution in [0.2, 0.25) is 5.02 Å². The van der Waals surface area contributed by atoms with Gasteiger partial charge in [0.25, 0.3) is 0 Å². The van der Waals surface area contributed by atoms with Gasteiger partial charge in [-0.2, -0.15) is 13.2 Å². The van der Waals surface area contributed by atoms with Gasteiger partial charge >= 0.3 is 6.18 Å². The van der Waals surface area contributed by atoms with Gasteiger partial charge in [-0.1, -0.05) is 11.6 Å². The van der Waals surface area contributed by atoms with Crippen LogP contribution in [-0.4, -0.2) is 0 Å². The molecule has 0 radical (unpaired) electrons. The molecule has 2 nitrogen and oxygen atoms in total.